The van der Waals surface area contributed by atoms with Crippen molar-refractivity contribution in [3.8, 4) is 0 Å². The molecule has 1 aromatic heterocycles. The highest BCUT2D eigenvalue weighted by molar-refractivity contribution is 5.90. The molecule has 1 saturated heterocycles. The molecule has 0 aliphatic carbocycles. The number of likely N-dealkylation sites (N-methyl/N-ethyl adjacent to an activating group) is 1. The Morgan fingerprint density at radius 1 is 1.36 bits per heavy atom. The molecule has 0 spiro atoms. The molecule has 3 N–H and O–H groups in total. The fourth-order valence-electron chi connectivity index (χ4n) is 2.56. The quantitative estimate of drug-likeness (QED) is 0.668. The molecule has 0 radical (unpaired) electrons. The van der Waals surface area contributed by atoms with Gasteiger partial charge in [0.1, 0.15) is 11.5 Å². The van der Waals surface area contributed by atoms with Crippen molar-refractivity contribution < 1.29 is 9.90 Å². The number of aromatic nitrogens is 2. The Morgan fingerprint density at radius 2 is 2.05 bits per heavy atom. The third-order valence-corrected chi connectivity index (χ3v) is 3.62. The van der Waals surface area contributed by atoms with Crippen LogP contribution in [0.1, 0.15) is 10.5 Å². The molecule has 8 heteroatoms. The van der Waals surface area contributed by atoms with Gasteiger partial charge < -0.3 is 20.6 Å². The van der Waals surface area contributed by atoms with E-state index in [9.17, 15) is 9.90 Å². The van der Waals surface area contributed by atoms with Crippen molar-refractivity contribution in [2.45, 2.75) is 6.10 Å². The zero-order valence-electron chi connectivity index (χ0n) is 13.1. The van der Waals surface area contributed by atoms with Gasteiger partial charge in [-0.25, -0.2) is 4.98 Å². The Bertz CT molecular complexity index is 502. The number of carbonyl (C=O) groups excluding carboxylic acids is 1. The average Bonchev–Trinajstić information content (AvgIpc) is 2.47. The number of nitrogens with zero attached hydrogens (tertiary/aromatic N) is 5. The number of aliphatic hydroxyl groups is 1. The summed E-state index contributed by atoms with van der Waals surface area (Å²) in [5, 5.41) is 9.98. The highest BCUT2D eigenvalue weighted by Gasteiger charge is 2.21. The number of rotatable bonds is 6. The lowest BCUT2D eigenvalue weighted by Crippen LogP contribution is -2.50. The van der Waals surface area contributed by atoms with Gasteiger partial charge in [-0.05, 0) is 14.1 Å². The minimum atomic E-state index is -0.570. The Kier molecular flexibility index (Phi) is 5.64. The summed E-state index contributed by atoms with van der Waals surface area (Å²) in [7, 11) is 3.90. The lowest BCUT2D eigenvalue weighted by atomic mass is 10.2. The van der Waals surface area contributed by atoms with Crippen LogP contribution in [0, 0.1) is 0 Å². The number of nitrogens with two attached hydrogens (primary N) is 1. The molecule has 1 atom stereocenters. The molecule has 0 aromatic carbocycles. The van der Waals surface area contributed by atoms with Gasteiger partial charge in [0.15, 0.2) is 0 Å². The summed E-state index contributed by atoms with van der Waals surface area (Å²) in [5.41, 5.74) is 5.41. The van der Waals surface area contributed by atoms with E-state index in [-0.39, 0.29) is 11.8 Å². The summed E-state index contributed by atoms with van der Waals surface area (Å²) in [6.45, 7) is 4.57. The van der Waals surface area contributed by atoms with Gasteiger partial charge in [0.05, 0.1) is 18.5 Å². The summed E-state index contributed by atoms with van der Waals surface area (Å²) in [4.78, 5) is 25.7. The highest BCUT2D eigenvalue weighted by atomic mass is 16.3. The van der Waals surface area contributed by atoms with Crippen molar-refractivity contribution in [3.63, 3.8) is 0 Å². The Labute approximate surface area is 130 Å². The van der Waals surface area contributed by atoms with Crippen LogP contribution in [-0.4, -0.2) is 90.2 Å². The molecular formula is C14H24N6O2. The van der Waals surface area contributed by atoms with Gasteiger partial charge in [0.25, 0.3) is 5.91 Å². The molecule has 2 heterocycles. The van der Waals surface area contributed by atoms with Gasteiger partial charge in [-0.3, -0.25) is 14.7 Å². The molecular weight excluding hydrogens is 284 g/mol. The second kappa shape index (κ2) is 7.48. The lowest BCUT2D eigenvalue weighted by Gasteiger charge is -2.36. The summed E-state index contributed by atoms with van der Waals surface area (Å²) < 4.78 is 0. The maximum absolute atomic E-state index is 11.2. The lowest BCUT2D eigenvalue weighted by molar-refractivity contribution is 0.0859. The second-order valence-electron chi connectivity index (χ2n) is 5.83. The van der Waals surface area contributed by atoms with Crippen molar-refractivity contribution in [3.05, 3.63) is 18.1 Å². The first-order valence-corrected chi connectivity index (χ1v) is 7.37. The van der Waals surface area contributed by atoms with E-state index in [1.807, 2.05) is 19.0 Å². The molecule has 1 aromatic rings. The number of aliphatic hydroxyl groups excluding tert-OH is 1. The van der Waals surface area contributed by atoms with Crippen LogP contribution in [0.3, 0.4) is 0 Å². The zero-order valence-corrected chi connectivity index (χ0v) is 13.1. The first-order valence-electron chi connectivity index (χ1n) is 7.37. The van der Waals surface area contributed by atoms with Crippen LogP contribution >= 0.6 is 0 Å². The molecule has 1 aliphatic rings. The van der Waals surface area contributed by atoms with Crippen molar-refractivity contribution in [1.82, 2.24) is 19.8 Å². The molecule has 2 rings (SSSR count). The van der Waals surface area contributed by atoms with E-state index in [1.165, 1.54) is 6.20 Å². The van der Waals surface area contributed by atoms with Crippen molar-refractivity contribution in [2.24, 2.45) is 5.73 Å². The molecule has 1 amide bonds. The largest absolute Gasteiger partial charge is 0.390 e. The van der Waals surface area contributed by atoms with E-state index in [0.717, 1.165) is 26.2 Å². The number of anilines is 1. The number of hydrogen-bond donors (Lipinski definition) is 2. The van der Waals surface area contributed by atoms with Crippen LogP contribution < -0.4 is 10.6 Å². The number of piperazine rings is 1. The molecule has 22 heavy (non-hydrogen) atoms. The smallest absolute Gasteiger partial charge is 0.268 e. The molecule has 122 valence electrons. The molecule has 8 nitrogen and oxygen atoms in total. The predicted molar refractivity (Wildman–Crippen MR) is 83.8 cm³/mol. The SMILES string of the molecule is CN(C)CC(O)CN1CCN(c2cncc(C(N)=O)n2)CC1. The number of amides is 1. The van der Waals surface area contributed by atoms with E-state index < -0.39 is 5.91 Å². The van der Waals surface area contributed by atoms with Gasteiger partial charge in [-0.1, -0.05) is 0 Å². The topological polar surface area (TPSA) is 98.8 Å². The minimum absolute atomic E-state index is 0.182. The standard InChI is InChI=1S/C14H24N6O2/c1-18(2)9-11(21)10-19-3-5-20(6-4-19)13-8-16-7-12(17-13)14(15)22/h7-8,11,21H,3-6,9-10H2,1-2H3,(H2,15,22). The second-order valence-corrected chi connectivity index (χ2v) is 5.83. The summed E-state index contributed by atoms with van der Waals surface area (Å²) in [6, 6.07) is 0. The number of primary amides is 1. The van der Waals surface area contributed by atoms with Gasteiger partial charge >= 0.3 is 0 Å². The summed E-state index contributed by atoms with van der Waals surface area (Å²) in [6.07, 6.45) is 2.67. The van der Waals surface area contributed by atoms with E-state index in [0.29, 0.717) is 18.9 Å². The van der Waals surface area contributed by atoms with Crippen LogP contribution in [0.25, 0.3) is 0 Å². The first-order chi connectivity index (χ1) is 10.5. The number of β-amino-alcohol motifs (C(OH)–C–C–N with tert-alkyl or cyclic N) is 1. The van der Waals surface area contributed by atoms with E-state index >= 15 is 0 Å². The van der Waals surface area contributed by atoms with E-state index in [2.05, 4.69) is 19.8 Å². The third kappa shape index (κ3) is 4.62. The Hall–Kier alpha value is -1.77. The van der Waals surface area contributed by atoms with Crippen LogP contribution in [0.4, 0.5) is 5.82 Å². The van der Waals surface area contributed by atoms with E-state index in [4.69, 9.17) is 5.73 Å². The average molecular weight is 308 g/mol. The monoisotopic (exact) mass is 308 g/mol. The summed E-state index contributed by atoms with van der Waals surface area (Å²) >= 11 is 0. The normalized spacial score (nSPS) is 17.7. The van der Waals surface area contributed by atoms with Gasteiger partial charge in [-0.15, -0.1) is 0 Å². The van der Waals surface area contributed by atoms with Gasteiger partial charge in [-0.2, -0.15) is 0 Å². The van der Waals surface area contributed by atoms with Crippen LogP contribution in [0.15, 0.2) is 12.4 Å². The van der Waals surface area contributed by atoms with E-state index in [1.54, 1.807) is 6.20 Å². The van der Waals surface area contributed by atoms with Crippen LogP contribution in [0.2, 0.25) is 0 Å². The first kappa shape index (κ1) is 16.6. The van der Waals surface area contributed by atoms with Crippen molar-refractivity contribution in [1.29, 1.82) is 0 Å². The Morgan fingerprint density at radius 3 is 2.64 bits per heavy atom. The minimum Gasteiger partial charge on any atom is -0.390 e. The molecule has 1 aliphatic heterocycles. The molecule has 1 unspecified atom stereocenters. The molecule has 1 fully saturated rings. The zero-order chi connectivity index (χ0) is 16.1. The summed E-state index contributed by atoms with van der Waals surface area (Å²) in [5.74, 6) is 0.101. The van der Waals surface area contributed by atoms with Crippen LogP contribution in [0.5, 0.6) is 0 Å². The van der Waals surface area contributed by atoms with Crippen molar-refractivity contribution >= 4 is 11.7 Å². The molecule has 0 saturated carbocycles. The fourth-order valence-corrected chi connectivity index (χ4v) is 2.56. The number of carbonyl (C=O) groups is 1. The van der Waals surface area contributed by atoms with Gasteiger partial charge in [0.2, 0.25) is 0 Å². The third-order valence-electron chi connectivity index (χ3n) is 3.62. The van der Waals surface area contributed by atoms with Crippen LogP contribution in [-0.2, 0) is 0 Å². The maximum Gasteiger partial charge on any atom is 0.268 e. The Balaban J connectivity index is 1.87. The predicted octanol–water partition coefficient (Wildman–Crippen LogP) is -1.38. The van der Waals surface area contributed by atoms with Crippen molar-refractivity contribution in [2.75, 3.05) is 58.3 Å². The van der Waals surface area contributed by atoms with Gasteiger partial charge in [0, 0.05) is 39.3 Å². The highest BCUT2D eigenvalue weighted by Crippen LogP contribution is 2.13. The fraction of sp³-hybridized carbons (Fsp3) is 0.643. The number of hydrogen-bond acceptors (Lipinski definition) is 7. The maximum atomic E-state index is 11.2. The molecule has 0 bridgehead atoms.